The first kappa shape index (κ1) is 21.2. The molecule has 3 aliphatic heterocycles. The third-order valence-electron chi connectivity index (χ3n) is 10.6. The monoisotopic (exact) mass is 443 g/mol. The van der Waals surface area contributed by atoms with Crippen molar-refractivity contribution in [2.75, 3.05) is 19.7 Å². The lowest BCUT2D eigenvalue weighted by Crippen LogP contribution is -2.82. The molecule has 0 unspecified atom stereocenters. The maximum absolute atomic E-state index is 12.1. The Morgan fingerprint density at radius 3 is 2.69 bits per heavy atom. The molecule has 8 aliphatic rings. The minimum atomic E-state index is -0.221. The lowest BCUT2D eigenvalue weighted by molar-refractivity contribution is -0.405. The van der Waals surface area contributed by atoms with Gasteiger partial charge in [0.15, 0.2) is 0 Å². The van der Waals surface area contributed by atoms with Gasteiger partial charge in [0.25, 0.3) is 0 Å². The first-order chi connectivity index (χ1) is 15.2. The van der Waals surface area contributed by atoms with Crippen LogP contribution in [0, 0.1) is 34.0 Å². The largest absolute Gasteiger partial charge is 0.465 e. The number of piperidine rings is 1. The number of hydrogen-bond donors (Lipinski definition) is 0. The van der Waals surface area contributed by atoms with Crippen LogP contribution in [0.1, 0.15) is 65.7 Å². The molecule has 0 radical (unpaired) electrons. The average molecular weight is 444 g/mol. The molecule has 6 nitrogen and oxygen atoms in total. The molecule has 0 N–H and O–H groups in total. The molecule has 6 heteroatoms. The number of rotatable bonds is 4. The predicted octanol–water partition coefficient (Wildman–Crippen LogP) is 3.69. The standard InChI is InChI=1S/C26H37NO5/c1-15-18-6-9-26(22(15)31-17(3)29)20(12-18)25-8-5-7-24(4)14-27(10-11-30-16(2)28)23(25)32-21(26)13-19(24)25/h18-23H,1,5-14H2,2-4H3/t18-,19+,20-,21+,22-,23+,24+,25-,26+/m0/s1. The third kappa shape index (κ3) is 2.49. The van der Waals surface area contributed by atoms with Gasteiger partial charge in [-0.1, -0.05) is 19.9 Å². The first-order valence-electron chi connectivity index (χ1n) is 12.6. The second kappa shape index (κ2) is 6.82. The highest BCUT2D eigenvalue weighted by molar-refractivity contribution is 5.67. The summed E-state index contributed by atoms with van der Waals surface area (Å²) >= 11 is 0. The molecular formula is C26H37NO5. The molecule has 8 rings (SSSR count). The maximum Gasteiger partial charge on any atom is 0.303 e. The number of hydrogen-bond acceptors (Lipinski definition) is 6. The molecule has 7 bridgehead atoms. The lowest BCUT2D eigenvalue weighted by atomic mass is 9.32. The van der Waals surface area contributed by atoms with Crippen molar-refractivity contribution in [3.63, 3.8) is 0 Å². The summed E-state index contributed by atoms with van der Waals surface area (Å²) in [6.45, 7) is 12.1. The Balaban J connectivity index is 1.42. The van der Waals surface area contributed by atoms with Crippen LogP contribution in [0.3, 0.4) is 0 Å². The van der Waals surface area contributed by atoms with Crippen molar-refractivity contribution in [2.24, 2.45) is 34.0 Å². The molecule has 5 aliphatic carbocycles. The van der Waals surface area contributed by atoms with E-state index in [1.165, 1.54) is 33.1 Å². The van der Waals surface area contributed by atoms with Gasteiger partial charge < -0.3 is 14.2 Å². The highest BCUT2D eigenvalue weighted by atomic mass is 16.6. The summed E-state index contributed by atoms with van der Waals surface area (Å²) < 4.78 is 18.4. The normalized spacial score (nSPS) is 50.7. The highest BCUT2D eigenvalue weighted by Gasteiger charge is 2.79. The Hall–Kier alpha value is -1.40. The number of esters is 2. The molecule has 0 aromatic heterocycles. The summed E-state index contributed by atoms with van der Waals surface area (Å²) in [7, 11) is 0. The molecule has 5 saturated carbocycles. The fourth-order valence-corrected chi connectivity index (χ4v) is 9.80. The SMILES string of the molecule is C=C1[C@H]2CC[C@]3([C@@H](C2)[C@@]24CCC[C@]5(C)CN(CCOC(C)=O)[C@@H]2O[C@@H]3C[C@H]54)[C@H]1OC(C)=O. The average Bonchev–Trinajstić information content (AvgIpc) is 2.73. The third-order valence-corrected chi connectivity index (χ3v) is 10.6. The lowest BCUT2D eigenvalue weighted by Gasteiger charge is -2.79. The van der Waals surface area contributed by atoms with Gasteiger partial charge in [0.1, 0.15) is 18.9 Å². The van der Waals surface area contributed by atoms with Crippen LogP contribution in [-0.4, -0.2) is 55.0 Å². The number of nitrogens with zero attached hydrogens (tertiary/aromatic N) is 1. The predicted molar refractivity (Wildman–Crippen MR) is 117 cm³/mol. The van der Waals surface area contributed by atoms with Gasteiger partial charge in [0.2, 0.25) is 0 Å². The molecule has 8 fully saturated rings. The summed E-state index contributed by atoms with van der Waals surface area (Å²) in [5.74, 6) is 1.18. The smallest absolute Gasteiger partial charge is 0.303 e. The van der Waals surface area contributed by atoms with E-state index < -0.39 is 0 Å². The van der Waals surface area contributed by atoms with E-state index in [1.807, 2.05) is 0 Å². The topological polar surface area (TPSA) is 65.1 Å². The van der Waals surface area contributed by atoms with Gasteiger partial charge in [-0.15, -0.1) is 0 Å². The van der Waals surface area contributed by atoms with Gasteiger partial charge in [0, 0.05) is 37.8 Å². The van der Waals surface area contributed by atoms with Crippen LogP contribution >= 0.6 is 0 Å². The van der Waals surface area contributed by atoms with Crippen LogP contribution in [-0.2, 0) is 23.8 Å². The van der Waals surface area contributed by atoms with Crippen molar-refractivity contribution >= 4 is 11.9 Å². The van der Waals surface area contributed by atoms with Crippen molar-refractivity contribution in [3.8, 4) is 0 Å². The number of likely N-dealkylation sites (tertiary alicyclic amines) is 1. The second-order valence-electron chi connectivity index (χ2n) is 11.9. The van der Waals surface area contributed by atoms with Gasteiger partial charge in [-0.05, 0) is 67.3 Å². The van der Waals surface area contributed by atoms with Gasteiger partial charge in [0.05, 0.1) is 6.10 Å². The Kier molecular flexibility index (Phi) is 4.51. The van der Waals surface area contributed by atoms with Crippen molar-refractivity contribution in [1.82, 2.24) is 4.90 Å². The van der Waals surface area contributed by atoms with Crippen molar-refractivity contribution in [3.05, 3.63) is 12.2 Å². The van der Waals surface area contributed by atoms with Crippen LogP contribution in [0.5, 0.6) is 0 Å². The van der Waals surface area contributed by atoms with Gasteiger partial charge in [-0.3, -0.25) is 14.5 Å². The van der Waals surface area contributed by atoms with E-state index in [1.54, 1.807) is 0 Å². The highest BCUT2D eigenvalue weighted by Crippen LogP contribution is 2.78. The number of fused-ring (bicyclic) bond motifs is 2. The Labute approximate surface area is 191 Å². The van der Waals surface area contributed by atoms with Crippen LogP contribution < -0.4 is 0 Å². The molecule has 3 heterocycles. The fourth-order valence-electron chi connectivity index (χ4n) is 9.80. The molecule has 0 amide bonds. The van der Waals surface area contributed by atoms with E-state index in [-0.39, 0.29) is 46.6 Å². The van der Waals surface area contributed by atoms with Crippen LogP contribution in [0.15, 0.2) is 12.2 Å². The molecule has 3 saturated heterocycles. The minimum absolute atomic E-state index is 0.0800. The summed E-state index contributed by atoms with van der Waals surface area (Å²) in [6.07, 6.45) is 8.13. The fraction of sp³-hybridized carbons (Fsp3) is 0.846. The Morgan fingerprint density at radius 2 is 1.94 bits per heavy atom. The zero-order valence-electron chi connectivity index (χ0n) is 19.7. The molecule has 32 heavy (non-hydrogen) atoms. The molecule has 176 valence electrons. The Bertz CT molecular complexity index is 872. The van der Waals surface area contributed by atoms with E-state index in [0.717, 1.165) is 44.3 Å². The van der Waals surface area contributed by atoms with E-state index in [0.29, 0.717) is 24.4 Å². The molecule has 9 atom stereocenters. The number of carbonyl (C=O) groups excluding carboxylic acids is 2. The zero-order valence-corrected chi connectivity index (χ0v) is 19.7. The Morgan fingerprint density at radius 1 is 1.12 bits per heavy atom. The van der Waals surface area contributed by atoms with Crippen LogP contribution in [0.2, 0.25) is 0 Å². The number of ether oxygens (including phenoxy) is 3. The zero-order chi connectivity index (χ0) is 22.5. The summed E-state index contributed by atoms with van der Waals surface area (Å²) in [5, 5.41) is 0. The second-order valence-corrected chi connectivity index (χ2v) is 11.9. The summed E-state index contributed by atoms with van der Waals surface area (Å²) in [6, 6.07) is 0. The van der Waals surface area contributed by atoms with E-state index in [2.05, 4.69) is 18.4 Å². The minimum Gasteiger partial charge on any atom is -0.465 e. The van der Waals surface area contributed by atoms with E-state index in [9.17, 15) is 9.59 Å². The van der Waals surface area contributed by atoms with E-state index >= 15 is 0 Å². The van der Waals surface area contributed by atoms with Crippen LogP contribution in [0.25, 0.3) is 0 Å². The molecule has 0 aromatic carbocycles. The maximum atomic E-state index is 12.1. The van der Waals surface area contributed by atoms with E-state index in [4.69, 9.17) is 14.2 Å². The van der Waals surface area contributed by atoms with Crippen molar-refractivity contribution in [2.45, 2.75) is 84.2 Å². The van der Waals surface area contributed by atoms with Crippen molar-refractivity contribution < 1.29 is 23.8 Å². The number of carbonyl (C=O) groups is 2. The van der Waals surface area contributed by atoms with Gasteiger partial charge in [-0.25, -0.2) is 0 Å². The van der Waals surface area contributed by atoms with Gasteiger partial charge >= 0.3 is 11.9 Å². The van der Waals surface area contributed by atoms with Crippen molar-refractivity contribution in [1.29, 1.82) is 0 Å². The molecule has 2 spiro atoms. The molecular weight excluding hydrogens is 406 g/mol. The van der Waals surface area contributed by atoms with Gasteiger partial charge in [-0.2, -0.15) is 0 Å². The molecule has 0 aromatic rings. The quantitative estimate of drug-likeness (QED) is 0.488. The summed E-state index contributed by atoms with van der Waals surface area (Å²) in [5.41, 5.74) is 1.36. The van der Waals surface area contributed by atoms with Crippen LogP contribution in [0.4, 0.5) is 0 Å². The first-order valence-corrected chi connectivity index (χ1v) is 12.6. The summed E-state index contributed by atoms with van der Waals surface area (Å²) in [4.78, 5) is 26.0.